The maximum Gasteiger partial charge on any atom is 0.337 e. The van der Waals surface area contributed by atoms with E-state index < -0.39 is 5.97 Å². The van der Waals surface area contributed by atoms with Crippen LogP contribution in [0.15, 0.2) is 48.7 Å². The topological polar surface area (TPSA) is 96.9 Å². The zero-order chi connectivity index (χ0) is 24.5. The van der Waals surface area contributed by atoms with Crippen molar-refractivity contribution >= 4 is 40.7 Å². The average molecular weight is 474 g/mol. The van der Waals surface area contributed by atoms with Crippen LogP contribution in [0.3, 0.4) is 0 Å². The number of benzene rings is 2. The van der Waals surface area contributed by atoms with Gasteiger partial charge in [0.25, 0.3) is 5.91 Å². The molecule has 9 heteroatoms. The molecular formula is C26H27N5O4. The molecule has 1 aliphatic heterocycles. The van der Waals surface area contributed by atoms with Gasteiger partial charge in [-0.25, -0.2) is 9.78 Å². The molecule has 0 atom stereocenters. The number of methoxy groups -OCH3 is 1. The van der Waals surface area contributed by atoms with Crippen molar-refractivity contribution in [2.45, 2.75) is 31.8 Å². The third kappa shape index (κ3) is 4.25. The van der Waals surface area contributed by atoms with Crippen molar-refractivity contribution < 1.29 is 19.1 Å². The summed E-state index contributed by atoms with van der Waals surface area (Å²) >= 11 is 0. The number of ether oxygens (including phenoxy) is 2. The summed E-state index contributed by atoms with van der Waals surface area (Å²) in [6, 6.07) is 12.6. The van der Waals surface area contributed by atoms with Gasteiger partial charge in [-0.05, 0) is 56.0 Å². The van der Waals surface area contributed by atoms with E-state index >= 15 is 0 Å². The molecule has 0 saturated heterocycles. The van der Waals surface area contributed by atoms with Crippen molar-refractivity contribution in [3.63, 3.8) is 0 Å². The van der Waals surface area contributed by atoms with E-state index in [0.29, 0.717) is 40.0 Å². The smallest absolute Gasteiger partial charge is 0.337 e. The second-order valence-corrected chi connectivity index (χ2v) is 8.69. The number of rotatable bonds is 5. The fourth-order valence-corrected chi connectivity index (χ4v) is 4.54. The summed E-state index contributed by atoms with van der Waals surface area (Å²) in [7, 11) is 4.94. The second-order valence-electron chi connectivity index (χ2n) is 8.69. The van der Waals surface area contributed by atoms with Crippen LogP contribution in [0.25, 0.3) is 0 Å². The Hall–Kier alpha value is -4.14. The minimum absolute atomic E-state index is 0.0960. The third-order valence-corrected chi connectivity index (χ3v) is 6.47. The molecule has 180 valence electrons. The van der Waals surface area contributed by atoms with E-state index in [9.17, 15) is 9.59 Å². The summed E-state index contributed by atoms with van der Waals surface area (Å²) < 4.78 is 11.1. The lowest BCUT2D eigenvalue weighted by molar-refractivity contribution is 0.0599. The molecule has 1 aliphatic carbocycles. The molecule has 1 saturated carbocycles. The first-order chi connectivity index (χ1) is 17.0. The summed E-state index contributed by atoms with van der Waals surface area (Å²) in [5, 5.41) is 3.24. The van der Waals surface area contributed by atoms with Gasteiger partial charge in [0.2, 0.25) is 5.95 Å². The number of amides is 1. The Morgan fingerprint density at radius 2 is 1.83 bits per heavy atom. The van der Waals surface area contributed by atoms with Crippen LogP contribution in [0.4, 0.5) is 28.8 Å². The van der Waals surface area contributed by atoms with Crippen LogP contribution >= 0.6 is 0 Å². The average Bonchev–Trinajstić information content (AvgIpc) is 3.38. The minimum Gasteiger partial charge on any atom is -0.488 e. The molecule has 5 rings (SSSR count). The number of aromatic nitrogens is 2. The molecular weight excluding hydrogens is 446 g/mol. The number of carbonyl (C=O) groups is 2. The van der Waals surface area contributed by atoms with E-state index in [0.717, 1.165) is 31.4 Å². The summed E-state index contributed by atoms with van der Waals surface area (Å²) in [6.45, 7) is 0. The van der Waals surface area contributed by atoms with E-state index in [4.69, 9.17) is 14.5 Å². The number of hydrogen-bond acceptors (Lipinski definition) is 8. The largest absolute Gasteiger partial charge is 0.488 e. The first-order valence-corrected chi connectivity index (χ1v) is 11.6. The number of nitrogens with zero attached hydrogens (tertiary/aromatic N) is 4. The second kappa shape index (κ2) is 9.25. The van der Waals surface area contributed by atoms with Gasteiger partial charge in [0.1, 0.15) is 11.4 Å². The molecule has 0 bridgehead atoms. The van der Waals surface area contributed by atoms with Gasteiger partial charge in [0, 0.05) is 14.1 Å². The van der Waals surface area contributed by atoms with E-state index in [-0.39, 0.29) is 12.0 Å². The summed E-state index contributed by atoms with van der Waals surface area (Å²) in [6.07, 6.45) is 5.92. The molecule has 2 aromatic carbocycles. The van der Waals surface area contributed by atoms with Gasteiger partial charge >= 0.3 is 5.97 Å². The molecule has 2 heterocycles. The molecule has 0 unspecified atom stereocenters. The molecule has 9 nitrogen and oxygen atoms in total. The van der Waals surface area contributed by atoms with Gasteiger partial charge < -0.3 is 24.6 Å². The Balaban J connectivity index is 1.51. The zero-order valence-electron chi connectivity index (χ0n) is 19.9. The van der Waals surface area contributed by atoms with Crippen molar-refractivity contribution in [1.82, 2.24) is 9.97 Å². The van der Waals surface area contributed by atoms with Gasteiger partial charge in [0.05, 0.1) is 41.9 Å². The van der Waals surface area contributed by atoms with Crippen LogP contribution in [-0.4, -0.2) is 49.2 Å². The molecule has 35 heavy (non-hydrogen) atoms. The van der Waals surface area contributed by atoms with E-state index in [1.165, 1.54) is 7.11 Å². The highest BCUT2D eigenvalue weighted by molar-refractivity contribution is 6.13. The Labute approximate surface area is 203 Å². The molecule has 0 spiro atoms. The highest BCUT2D eigenvalue weighted by Crippen LogP contribution is 2.39. The minimum atomic E-state index is -0.429. The number of hydrogen-bond donors (Lipinski definition) is 1. The molecule has 1 amide bonds. The molecule has 1 fully saturated rings. The number of anilines is 5. The third-order valence-electron chi connectivity index (χ3n) is 6.47. The highest BCUT2D eigenvalue weighted by atomic mass is 16.5. The lowest BCUT2D eigenvalue weighted by Crippen LogP contribution is -2.25. The van der Waals surface area contributed by atoms with Crippen LogP contribution in [0, 0.1) is 0 Å². The Morgan fingerprint density at radius 3 is 2.60 bits per heavy atom. The Bertz CT molecular complexity index is 1290. The van der Waals surface area contributed by atoms with Crippen molar-refractivity contribution in [3.8, 4) is 5.75 Å². The van der Waals surface area contributed by atoms with E-state index in [2.05, 4.69) is 10.3 Å². The van der Waals surface area contributed by atoms with Crippen LogP contribution in [0.2, 0.25) is 0 Å². The normalized spacial score (nSPS) is 15.3. The van der Waals surface area contributed by atoms with Crippen LogP contribution in [-0.2, 0) is 4.74 Å². The quantitative estimate of drug-likeness (QED) is 0.533. The standard InChI is InChI=1S/C26H27N5O4/c1-30-20-11-7-6-10-18(20)24(32)31(2)21-15-27-26(29-23(21)30)28-19-13-12-16(25(33)34-3)14-22(19)35-17-8-4-5-9-17/h6-7,10-15,17H,4-5,8-9H2,1-3H3,(H,27,28,29). The predicted octanol–water partition coefficient (Wildman–Crippen LogP) is 4.69. The zero-order valence-corrected chi connectivity index (χ0v) is 19.9. The van der Waals surface area contributed by atoms with Gasteiger partial charge in [-0.3, -0.25) is 4.79 Å². The van der Waals surface area contributed by atoms with Crippen LogP contribution < -0.4 is 19.9 Å². The molecule has 1 N–H and O–H groups in total. The predicted molar refractivity (Wildman–Crippen MR) is 133 cm³/mol. The van der Waals surface area contributed by atoms with Gasteiger partial charge in [-0.2, -0.15) is 4.98 Å². The first kappa shape index (κ1) is 22.6. The lowest BCUT2D eigenvalue weighted by Gasteiger charge is -2.22. The van der Waals surface area contributed by atoms with E-state index in [1.807, 2.05) is 30.1 Å². The SMILES string of the molecule is COC(=O)c1ccc(Nc2ncc3c(n2)N(C)c2ccccc2C(=O)N3C)c(OC2CCCC2)c1. The maximum absolute atomic E-state index is 13.0. The van der Waals surface area contributed by atoms with Crippen molar-refractivity contribution in [2.75, 3.05) is 36.3 Å². The monoisotopic (exact) mass is 473 g/mol. The number of carbonyl (C=O) groups excluding carboxylic acids is 2. The van der Waals surface area contributed by atoms with Crippen molar-refractivity contribution in [3.05, 3.63) is 59.8 Å². The molecule has 3 aromatic rings. The number of esters is 1. The highest BCUT2D eigenvalue weighted by Gasteiger charge is 2.29. The lowest BCUT2D eigenvalue weighted by atomic mass is 10.1. The Kier molecular flexibility index (Phi) is 5.98. The van der Waals surface area contributed by atoms with Crippen molar-refractivity contribution in [1.29, 1.82) is 0 Å². The maximum atomic E-state index is 13.0. The molecule has 2 aliphatic rings. The number of para-hydroxylation sites is 1. The van der Waals surface area contributed by atoms with Crippen LogP contribution in [0.5, 0.6) is 5.75 Å². The van der Waals surface area contributed by atoms with Crippen molar-refractivity contribution in [2.24, 2.45) is 0 Å². The van der Waals surface area contributed by atoms with Crippen LogP contribution in [0.1, 0.15) is 46.4 Å². The summed E-state index contributed by atoms with van der Waals surface area (Å²) in [4.78, 5) is 37.8. The fraction of sp³-hybridized carbons (Fsp3) is 0.308. The molecule has 0 radical (unpaired) electrons. The van der Waals surface area contributed by atoms with E-state index in [1.54, 1.807) is 42.4 Å². The van der Waals surface area contributed by atoms with Gasteiger partial charge in [-0.1, -0.05) is 12.1 Å². The number of nitrogens with one attached hydrogen (secondary N) is 1. The Morgan fingerprint density at radius 1 is 1.06 bits per heavy atom. The summed E-state index contributed by atoms with van der Waals surface area (Å²) in [5.41, 5.74) is 3.01. The fourth-order valence-electron chi connectivity index (χ4n) is 4.54. The summed E-state index contributed by atoms with van der Waals surface area (Å²) in [5.74, 6) is 0.929. The van der Waals surface area contributed by atoms with Gasteiger partial charge in [-0.15, -0.1) is 0 Å². The van der Waals surface area contributed by atoms with Gasteiger partial charge in [0.15, 0.2) is 5.82 Å². The number of fused-ring (bicyclic) bond motifs is 2. The first-order valence-electron chi connectivity index (χ1n) is 11.6. The molecule has 1 aromatic heterocycles.